The van der Waals surface area contributed by atoms with Crippen LogP contribution in [0, 0.1) is 0 Å². The fraction of sp³-hybridized carbons (Fsp3) is 0.190. The number of hydrogen-bond acceptors (Lipinski definition) is 8. The van der Waals surface area contributed by atoms with E-state index in [0.29, 0.717) is 43.7 Å². The van der Waals surface area contributed by atoms with E-state index in [0.717, 1.165) is 0 Å². The van der Waals surface area contributed by atoms with Gasteiger partial charge in [0.1, 0.15) is 12.4 Å². The van der Waals surface area contributed by atoms with Gasteiger partial charge in [0.05, 0.1) is 21.3 Å². The number of halogens is 1. The Morgan fingerprint density at radius 2 is 1.74 bits per heavy atom. The molecule has 1 amide bonds. The summed E-state index contributed by atoms with van der Waals surface area (Å²) in [5.74, 6) is 1.79. The molecule has 3 rings (SSSR count). The van der Waals surface area contributed by atoms with Crippen LogP contribution in [0.4, 0.5) is 5.13 Å². The van der Waals surface area contributed by atoms with Gasteiger partial charge in [0, 0.05) is 11.1 Å². The Kier molecular flexibility index (Phi) is 7.69. The van der Waals surface area contributed by atoms with Crippen molar-refractivity contribution in [2.24, 2.45) is 0 Å². The lowest BCUT2D eigenvalue weighted by molar-refractivity contribution is -0.111. The first-order valence-corrected chi connectivity index (χ1v) is 10.2. The average molecular weight is 462 g/mol. The van der Waals surface area contributed by atoms with E-state index in [1.54, 1.807) is 42.5 Å². The van der Waals surface area contributed by atoms with Crippen LogP contribution in [0.3, 0.4) is 0 Å². The van der Waals surface area contributed by atoms with E-state index < -0.39 is 0 Å². The quantitative estimate of drug-likeness (QED) is 0.470. The van der Waals surface area contributed by atoms with Crippen LogP contribution in [0.2, 0.25) is 5.02 Å². The Balaban J connectivity index is 1.59. The highest BCUT2D eigenvalue weighted by atomic mass is 35.5. The highest BCUT2D eigenvalue weighted by molar-refractivity contribution is 7.15. The number of rotatable bonds is 9. The predicted molar refractivity (Wildman–Crippen MR) is 119 cm³/mol. The van der Waals surface area contributed by atoms with Crippen molar-refractivity contribution in [2.75, 3.05) is 26.6 Å². The van der Waals surface area contributed by atoms with Gasteiger partial charge in [-0.3, -0.25) is 10.1 Å². The largest absolute Gasteiger partial charge is 0.493 e. The fourth-order valence-electron chi connectivity index (χ4n) is 2.55. The lowest BCUT2D eigenvalue weighted by atomic mass is 10.1. The SMILES string of the molecule is COc1cc(C=CC(=O)Nc2nnc(COc3ccc(Cl)cc3)s2)cc(OC)c1OC. The molecule has 0 fully saturated rings. The number of hydrogen-bond donors (Lipinski definition) is 1. The van der Waals surface area contributed by atoms with E-state index >= 15 is 0 Å². The maximum absolute atomic E-state index is 12.2. The first-order valence-electron chi connectivity index (χ1n) is 9.02. The normalized spacial score (nSPS) is 10.7. The zero-order valence-electron chi connectivity index (χ0n) is 17.0. The van der Waals surface area contributed by atoms with Crippen LogP contribution in [-0.2, 0) is 11.4 Å². The predicted octanol–water partition coefficient (Wildman–Crippen LogP) is 4.45. The molecule has 0 atom stereocenters. The molecule has 10 heteroatoms. The van der Waals surface area contributed by atoms with Crippen LogP contribution in [0.1, 0.15) is 10.6 Å². The minimum atomic E-state index is -0.352. The molecule has 1 heterocycles. The maximum atomic E-state index is 12.2. The van der Waals surface area contributed by atoms with E-state index in [1.165, 1.54) is 38.7 Å². The molecule has 2 aromatic carbocycles. The first kappa shape index (κ1) is 22.4. The molecule has 0 aliphatic heterocycles. The van der Waals surface area contributed by atoms with Gasteiger partial charge in [0.2, 0.25) is 16.8 Å². The van der Waals surface area contributed by atoms with Gasteiger partial charge in [0.25, 0.3) is 0 Å². The number of methoxy groups -OCH3 is 3. The lowest BCUT2D eigenvalue weighted by Gasteiger charge is -2.12. The topological polar surface area (TPSA) is 91.8 Å². The van der Waals surface area contributed by atoms with Crippen LogP contribution in [0.5, 0.6) is 23.0 Å². The highest BCUT2D eigenvalue weighted by Crippen LogP contribution is 2.38. The third kappa shape index (κ3) is 6.09. The van der Waals surface area contributed by atoms with E-state index in [-0.39, 0.29) is 12.5 Å². The van der Waals surface area contributed by atoms with Crippen molar-refractivity contribution < 1.29 is 23.7 Å². The van der Waals surface area contributed by atoms with Crippen molar-refractivity contribution in [1.82, 2.24) is 10.2 Å². The Hall–Kier alpha value is -3.30. The molecule has 0 unspecified atom stereocenters. The van der Waals surface area contributed by atoms with Crippen LogP contribution >= 0.6 is 22.9 Å². The molecule has 8 nitrogen and oxygen atoms in total. The van der Waals surface area contributed by atoms with E-state index in [2.05, 4.69) is 15.5 Å². The van der Waals surface area contributed by atoms with Gasteiger partial charge in [0.15, 0.2) is 16.5 Å². The van der Waals surface area contributed by atoms with Crippen molar-refractivity contribution >= 4 is 40.1 Å². The molecule has 0 radical (unpaired) electrons. The summed E-state index contributed by atoms with van der Waals surface area (Å²) >= 11 is 7.08. The second kappa shape index (κ2) is 10.6. The zero-order valence-corrected chi connectivity index (χ0v) is 18.6. The third-order valence-electron chi connectivity index (χ3n) is 3.99. The third-order valence-corrected chi connectivity index (χ3v) is 5.05. The molecular weight excluding hydrogens is 442 g/mol. The molecule has 1 N–H and O–H groups in total. The first-order chi connectivity index (χ1) is 15.0. The molecule has 162 valence electrons. The highest BCUT2D eigenvalue weighted by Gasteiger charge is 2.12. The summed E-state index contributed by atoms with van der Waals surface area (Å²) in [7, 11) is 4.59. The number of amides is 1. The van der Waals surface area contributed by atoms with Gasteiger partial charge in [-0.25, -0.2) is 0 Å². The molecule has 0 aliphatic carbocycles. The number of benzene rings is 2. The maximum Gasteiger partial charge on any atom is 0.250 e. The van der Waals surface area contributed by atoms with Gasteiger partial charge in [-0.2, -0.15) is 0 Å². The Bertz CT molecular complexity index is 1040. The molecule has 1 aromatic heterocycles. The molecular formula is C21H20ClN3O5S. The summed E-state index contributed by atoms with van der Waals surface area (Å²) in [4.78, 5) is 12.2. The van der Waals surface area contributed by atoms with Gasteiger partial charge in [-0.1, -0.05) is 22.9 Å². The number of ether oxygens (including phenoxy) is 4. The lowest BCUT2D eigenvalue weighted by Crippen LogP contribution is -2.07. The summed E-state index contributed by atoms with van der Waals surface area (Å²) in [5.41, 5.74) is 0.707. The Morgan fingerprint density at radius 1 is 1.06 bits per heavy atom. The minimum Gasteiger partial charge on any atom is -0.493 e. The molecule has 3 aromatic rings. The Morgan fingerprint density at radius 3 is 2.35 bits per heavy atom. The molecule has 0 aliphatic rings. The van der Waals surface area contributed by atoms with Gasteiger partial charge in [-0.05, 0) is 48.0 Å². The monoisotopic (exact) mass is 461 g/mol. The second-order valence-electron chi connectivity index (χ2n) is 6.02. The van der Waals surface area contributed by atoms with Crippen molar-refractivity contribution in [1.29, 1.82) is 0 Å². The van der Waals surface area contributed by atoms with Crippen molar-refractivity contribution in [2.45, 2.75) is 6.61 Å². The zero-order chi connectivity index (χ0) is 22.2. The second-order valence-corrected chi connectivity index (χ2v) is 7.52. The van der Waals surface area contributed by atoms with Crippen LogP contribution in [-0.4, -0.2) is 37.4 Å². The van der Waals surface area contributed by atoms with Crippen molar-refractivity contribution in [3.63, 3.8) is 0 Å². The smallest absolute Gasteiger partial charge is 0.250 e. The number of carbonyl (C=O) groups is 1. The average Bonchev–Trinajstić information content (AvgIpc) is 3.23. The molecule has 0 saturated carbocycles. The van der Waals surface area contributed by atoms with E-state index in [4.69, 9.17) is 30.5 Å². The Labute approximate surface area is 188 Å². The van der Waals surface area contributed by atoms with Crippen molar-refractivity contribution in [3.05, 3.63) is 58.1 Å². The summed E-state index contributed by atoms with van der Waals surface area (Å²) in [6, 6.07) is 10.5. The summed E-state index contributed by atoms with van der Waals surface area (Å²) in [5, 5.41) is 12.3. The van der Waals surface area contributed by atoms with Gasteiger partial charge in [-0.15, -0.1) is 10.2 Å². The van der Waals surface area contributed by atoms with Crippen LogP contribution in [0.15, 0.2) is 42.5 Å². The van der Waals surface area contributed by atoms with Crippen LogP contribution < -0.4 is 24.3 Å². The number of nitrogens with zero attached hydrogens (tertiary/aromatic N) is 2. The van der Waals surface area contributed by atoms with E-state index in [9.17, 15) is 4.79 Å². The summed E-state index contributed by atoms with van der Waals surface area (Å²) in [6.07, 6.45) is 3.01. The number of nitrogens with one attached hydrogen (secondary N) is 1. The van der Waals surface area contributed by atoms with Gasteiger partial charge < -0.3 is 18.9 Å². The molecule has 0 spiro atoms. The van der Waals surface area contributed by atoms with Crippen LogP contribution in [0.25, 0.3) is 6.08 Å². The summed E-state index contributed by atoms with van der Waals surface area (Å²) in [6.45, 7) is 0.233. The molecule has 31 heavy (non-hydrogen) atoms. The molecule has 0 saturated heterocycles. The number of aromatic nitrogens is 2. The minimum absolute atomic E-state index is 0.233. The van der Waals surface area contributed by atoms with Gasteiger partial charge >= 0.3 is 0 Å². The standard InChI is InChI=1S/C21H20ClN3O5S/c1-27-16-10-13(11-17(28-2)20(16)29-3)4-9-18(26)23-21-25-24-19(31-21)12-30-15-7-5-14(22)6-8-15/h4-11H,12H2,1-3H3,(H,23,25,26). The van der Waals surface area contributed by atoms with Crippen molar-refractivity contribution in [3.8, 4) is 23.0 Å². The summed E-state index contributed by atoms with van der Waals surface area (Å²) < 4.78 is 21.5. The number of anilines is 1. The fourth-order valence-corrected chi connectivity index (χ4v) is 3.34. The van der Waals surface area contributed by atoms with E-state index in [1.807, 2.05) is 0 Å². The number of carbonyl (C=O) groups excluding carboxylic acids is 1. The molecule has 0 bridgehead atoms.